The molecule has 0 saturated carbocycles. The molecule has 0 saturated heterocycles. The molecular weight excluding hydrogens is 288 g/mol. The molecule has 1 aromatic carbocycles. The van der Waals surface area contributed by atoms with E-state index in [1.807, 2.05) is 20.8 Å². The van der Waals surface area contributed by atoms with Gasteiger partial charge >= 0.3 is 0 Å². The van der Waals surface area contributed by atoms with Gasteiger partial charge in [-0.15, -0.1) is 0 Å². The fraction of sp³-hybridized carbons (Fsp3) is 0.400. The summed E-state index contributed by atoms with van der Waals surface area (Å²) in [5.74, 6) is 0.906. The van der Waals surface area contributed by atoms with Gasteiger partial charge in [0.1, 0.15) is 5.75 Å². The summed E-state index contributed by atoms with van der Waals surface area (Å²) in [6.07, 6.45) is 2.88. The molecule has 0 spiro atoms. The van der Waals surface area contributed by atoms with Crippen LogP contribution in [0.2, 0.25) is 0 Å². The van der Waals surface area contributed by atoms with Crippen LogP contribution in [0.5, 0.6) is 5.75 Å². The van der Waals surface area contributed by atoms with Crippen molar-refractivity contribution in [2.45, 2.75) is 38.5 Å². The maximum atomic E-state index is 12.6. The number of hydrogen-bond acceptors (Lipinski definition) is 4. The second kappa shape index (κ2) is 5.89. The topological polar surface area (TPSA) is 61.2 Å². The molecule has 1 aromatic heterocycles. The van der Waals surface area contributed by atoms with E-state index < -0.39 is 10.0 Å². The highest BCUT2D eigenvalue weighted by Gasteiger charge is 2.23. The Labute approximate surface area is 125 Å². The quantitative estimate of drug-likeness (QED) is 0.852. The van der Waals surface area contributed by atoms with E-state index in [0.717, 1.165) is 15.4 Å². The van der Waals surface area contributed by atoms with E-state index in [2.05, 4.69) is 5.10 Å². The Morgan fingerprint density at radius 3 is 2.57 bits per heavy atom. The van der Waals surface area contributed by atoms with Crippen LogP contribution in [0.4, 0.5) is 0 Å². The maximum Gasteiger partial charge on any atom is 0.283 e. The van der Waals surface area contributed by atoms with Gasteiger partial charge in [-0.1, -0.05) is 13.8 Å². The SMILES string of the molecule is CCOc1cc(C)c(S(=O)(=O)n2cccn2)cc1C(C)C. The predicted octanol–water partition coefficient (Wildman–Crippen LogP) is 2.95. The molecule has 0 fully saturated rings. The average Bonchev–Trinajstić information content (AvgIpc) is 2.93. The standard InChI is InChI=1S/C15H20N2O3S/c1-5-20-14-9-12(4)15(10-13(14)11(2)3)21(18,19)17-8-6-7-16-17/h6-11H,5H2,1-4H3. The van der Waals surface area contributed by atoms with Crippen LogP contribution in [0.1, 0.15) is 37.8 Å². The van der Waals surface area contributed by atoms with E-state index in [9.17, 15) is 8.42 Å². The van der Waals surface area contributed by atoms with Gasteiger partial charge in [-0.25, -0.2) is 0 Å². The van der Waals surface area contributed by atoms with Gasteiger partial charge in [0, 0.05) is 6.20 Å². The van der Waals surface area contributed by atoms with Crippen LogP contribution >= 0.6 is 0 Å². The van der Waals surface area contributed by atoms with E-state index in [0.29, 0.717) is 12.2 Å². The zero-order valence-corrected chi connectivity index (χ0v) is 13.5. The average molecular weight is 308 g/mol. The number of hydrogen-bond donors (Lipinski definition) is 0. The second-order valence-electron chi connectivity index (χ2n) is 5.13. The lowest BCUT2D eigenvalue weighted by atomic mass is 10.0. The molecule has 114 valence electrons. The van der Waals surface area contributed by atoms with E-state index in [1.54, 1.807) is 25.1 Å². The Bertz CT molecular complexity index is 720. The summed E-state index contributed by atoms with van der Waals surface area (Å²) >= 11 is 0. The van der Waals surface area contributed by atoms with Gasteiger partial charge in [0.05, 0.1) is 17.7 Å². The Hall–Kier alpha value is -1.82. The zero-order valence-electron chi connectivity index (χ0n) is 12.7. The molecule has 0 amide bonds. The normalized spacial score (nSPS) is 11.9. The Morgan fingerprint density at radius 1 is 1.33 bits per heavy atom. The van der Waals surface area contributed by atoms with Gasteiger partial charge in [0.15, 0.2) is 0 Å². The van der Waals surface area contributed by atoms with Crippen molar-refractivity contribution in [3.05, 3.63) is 41.7 Å². The van der Waals surface area contributed by atoms with Crippen LogP contribution < -0.4 is 4.74 Å². The molecule has 0 aliphatic carbocycles. The molecule has 21 heavy (non-hydrogen) atoms. The fourth-order valence-electron chi connectivity index (χ4n) is 2.18. The van der Waals surface area contributed by atoms with Crippen molar-refractivity contribution in [1.82, 2.24) is 9.19 Å². The molecule has 1 heterocycles. The van der Waals surface area contributed by atoms with Crippen LogP contribution in [0.3, 0.4) is 0 Å². The highest BCUT2D eigenvalue weighted by molar-refractivity contribution is 7.89. The first-order valence-corrected chi connectivity index (χ1v) is 8.34. The van der Waals surface area contributed by atoms with Crippen LogP contribution in [0, 0.1) is 6.92 Å². The van der Waals surface area contributed by atoms with Crippen molar-refractivity contribution < 1.29 is 13.2 Å². The first-order valence-electron chi connectivity index (χ1n) is 6.90. The largest absolute Gasteiger partial charge is 0.494 e. The van der Waals surface area contributed by atoms with E-state index >= 15 is 0 Å². The molecule has 2 rings (SSSR count). The number of nitrogens with zero attached hydrogens (tertiary/aromatic N) is 2. The van der Waals surface area contributed by atoms with E-state index in [-0.39, 0.29) is 10.8 Å². The van der Waals surface area contributed by atoms with Crippen molar-refractivity contribution in [1.29, 1.82) is 0 Å². The minimum Gasteiger partial charge on any atom is -0.494 e. The predicted molar refractivity (Wildman–Crippen MR) is 81.2 cm³/mol. The summed E-state index contributed by atoms with van der Waals surface area (Å²) in [5.41, 5.74) is 1.53. The molecule has 0 unspecified atom stereocenters. The van der Waals surface area contributed by atoms with Gasteiger partial charge in [-0.3, -0.25) is 0 Å². The van der Waals surface area contributed by atoms with E-state index in [4.69, 9.17) is 4.74 Å². The summed E-state index contributed by atoms with van der Waals surface area (Å²) in [5, 5.41) is 3.84. The first kappa shape index (κ1) is 15.6. The summed E-state index contributed by atoms with van der Waals surface area (Å²) < 4.78 is 31.8. The molecule has 0 N–H and O–H groups in total. The van der Waals surface area contributed by atoms with Crippen molar-refractivity contribution >= 4 is 10.0 Å². The summed E-state index contributed by atoms with van der Waals surface area (Å²) in [6.45, 7) is 8.25. The number of ether oxygens (including phenoxy) is 1. The third-order valence-electron chi connectivity index (χ3n) is 3.23. The summed E-state index contributed by atoms with van der Waals surface area (Å²) in [6, 6.07) is 5.07. The number of benzene rings is 1. The number of rotatable bonds is 5. The Morgan fingerprint density at radius 2 is 2.05 bits per heavy atom. The molecule has 0 radical (unpaired) electrons. The zero-order chi connectivity index (χ0) is 15.6. The first-order chi connectivity index (χ1) is 9.87. The minimum atomic E-state index is -3.66. The molecular formula is C15H20N2O3S. The minimum absolute atomic E-state index is 0.165. The lowest BCUT2D eigenvalue weighted by molar-refractivity contribution is 0.334. The monoisotopic (exact) mass is 308 g/mol. The van der Waals surface area contributed by atoms with Crippen LogP contribution in [-0.4, -0.2) is 24.2 Å². The van der Waals surface area contributed by atoms with Gasteiger partial charge in [-0.05, 0) is 49.1 Å². The lowest BCUT2D eigenvalue weighted by Crippen LogP contribution is -2.15. The summed E-state index contributed by atoms with van der Waals surface area (Å²) in [7, 11) is -3.66. The molecule has 0 aliphatic heterocycles. The van der Waals surface area contributed by atoms with Gasteiger partial charge in [0.2, 0.25) is 0 Å². The molecule has 5 nitrogen and oxygen atoms in total. The smallest absolute Gasteiger partial charge is 0.283 e. The molecule has 0 atom stereocenters. The highest BCUT2D eigenvalue weighted by atomic mass is 32.2. The van der Waals surface area contributed by atoms with Crippen LogP contribution in [0.25, 0.3) is 0 Å². The van der Waals surface area contributed by atoms with Crippen molar-refractivity contribution in [2.75, 3.05) is 6.61 Å². The van der Waals surface area contributed by atoms with Crippen molar-refractivity contribution in [3.8, 4) is 5.75 Å². The van der Waals surface area contributed by atoms with Crippen LogP contribution in [0.15, 0.2) is 35.5 Å². The number of aromatic nitrogens is 2. The Kier molecular flexibility index (Phi) is 4.37. The third kappa shape index (κ3) is 2.95. The second-order valence-corrected chi connectivity index (χ2v) is 6.89. The fourth-order valence-corrected chi connectivity index (χ4v) is 3.54. The van der Waals surface area contributed by atoms with Crippen LogP contribution in [-0.2, 0) is 10.0 Å². The third-order valence-corrected chi connectivity index (χ3v) is 4.94. The van der Waals surface area contributed by atoms with Crippen molar-refractivity contribution in [2.24, 2.45) is 0 Å². The maximum absolute atomic E-state index is 12.6. The Balaban J connectivity index is 2.63. The highest BCUT2D eigenvalue weighted by Crippen LogP contribution is 2.32. The summed E-state index contributed by atoms with van der Waals surface area (Å²) in [4.78, 5) is 0.262. The van der Waals surface area contributed by atoms with Crippen molar-refractivity contribution in [3.63, 3.8) is 0 Å². The molecule has 0 bridgehead atoms. The molecule has 0 aliphatic rings. The van der Waals surface area contributed by atoms with Gasteiger partial charge < -0.3 is 4.74 Å². The number of aryl methyl sites for hydroxylation is 1. The van der Waals surface area contributed by atoms with Gasteiger partial charge in [-0.2, -0.15) is 17.6 Å². The van der Waals surface area contributed by atoms with Gasteiger partial charge in [0.25, 0.3) is 10.0 Å². The molecule has 6 heteroatoms. The lowest BCUT2D eigenvalue weighted by Gasteiger charge is -2.17. The molecule has 2 aromatic rings. The van der Waals surface area contributed by atoms with E-state index in [1.165, 1.54) is 12.4 Å².